The first-order valence-electron chi connectivity index (χ1n) is 11.7. The Labute approximate surface area is 210 Å². The molecule has 3 aromatic carbocycles. The predicted octanol–water partition coefficient (Wildman–Crippen LogP) is 6.44. The first-order chi connectivity index (χ1) is 17.2. The molecule has 0 aliphatic heterocycles. The van der Waals surface area contributed by atoms with Gasteiger partial charge in [0.25, 0.3) is 0 Å². The molecule has 1 atom stereocenters. The second-order valence-electron chi connectivity index (χ2n) is 8.52. The number of benzene rings is 3. The number of nitrogens with zero attached hydrogens (tertiary/aromatic N) is 3. The molecule has 0 spiro atoms. The fourth-order valence-electron chi connectivity index (χ4n) is 4.75. The normalized spacial score (nSPS) is 12.4. The van der Waals surface area contributed by atoms with Gasteiger partial charge in [-0.15, -0.1) is 0 Å². The molecule has 0 fully saturated rings. The Morgan fingerprint density at radius 2 is 1.29 bits per heavy atom. The minimum Gasteiger partial charge on any atom is -0.388 e. The van der Waals surface area contributed by atoms with Crippen LogP contribution in [0.1, 0.15) is 40.5 Å². The number of aryl methyl sites for hydroxylation is 1. The van der Waals surface area contributed by atoms with Crippen molar-refractivity contribution >= 4 is 11.6 Å². The lowest BCUT2D eigenvalue weighted by atomic mass is 9.77. The minimum absolute atomic E-state index is 0.335. The monoisotopic (exact) mass is 479 g/mol. The Bertz CT molecular complexity index is 1270. The zero-order chi connectivity index (χ0) is 24.1. The van der Waals surface area contributed by atoms with Crippen molar-refractivity contribution in [3.63, 3.8) is 0 Å². The number of aliphatic hydroxyl groups is 1. The van der Waals surface area contributed by atoms with Gasteiger partial charge < -0.3 is 9.67 Å². The number of rotatable bonds is 8. The topological polar surface area (TPSA) is 50.9 Å². The predicted molar refractivity (Wildman–Crippen MR) is 139 cm³/mol. The summed E-state index contributed by atoms with van der Waals surface area (Å²) < 4.78 is 2.19. The average molecular weight is 480 g/mol. The quantitative estimate of drug-likeness (QED) is 0.206. The Balaban J connectivity index is 1.57. The third-order valence-electron chi connectivity index (χ3n) is 6.42. The lowest BCUT2D eigenvalue weighted by Gasteiger charge is -2.37. The highest BCUT2D eigenvalue weighted by atomic mass is 35.5. The van der Waals surface area contributed by atoms with Gasteiger partial charge in [-0.05, 0) is 35.6 Å². The van der Waals surface area contributed by atoms with E-state index in [0.29, 0.717) is 23.6 Å². The van der Waals surface area contributed by atoms with Gasteiger partial charge in [0.05, 0.1) is 18.1 Å². The van der Waals surface area contributed by atoms with E-state index in [9.17, 15) is 5.11 Å². The van der Waals surface area contributed by atoms with E-state index in [2.05, 4.69) is 88.5 Å². The number of pyridine rings is 1. The maximum absolute atomic E-state index is 10.7. The van der Waals surface area contributed by atoms with E-state index in [0.717, 1.165) is 22.4 Å². The van der Waals surface area contributed by atoms with Crippen LogP contribution in [-0.4, -0.2) is 19.6 Å². The molecule has 2 heterocycles. The highest BCUT2D eigenvalue weighted by Crippen LogP contribution is 2.40. The van der Waals surface area contributed by atoms with Gasteiger partial charge in [0, 0.05) is 18.0 Å². The summed E-state index contributed by atoms with van der Waals surface area (Å²) in [6.07, 6.45) is 6.00. The zero-order valence-electron chi connectivity index (χ0n) is 19.2. The Kier molecular flexibility index (Phi) is 6.75. The molecule has 0 radical (unpaired) electrons. The van der Waals surface area contributed by atoms with Crippen LogP contribution in [0.25, 0.3) is 0 Å². The molecule has 2 aromatic heterocycles. The highest BCUT2D eigenvalue weighted by Gasteiger charge is 2.38. The van der Waals surface area contributed by atoms with Crippen molar-refractivity contribution in [1.29, 1.82) is 0 Å². The fraction of sp³-hybridized carbons (Fsp3) is 0.133. The Morgan fingerprint density at radius 3 is 1.80 bits per heavy atom. The van der Waals surface area contributed by atoms with Gasteiger partial charge in [-0.2, -0.15) is 0 Å². The molecule has 4 nitrogen and oxygen atoms in total. The summed E-state index contributed by atoms with van der Waals surface area (Å²) in [4.78, 5) is 8.83. The molecule has 0 bridgehead atoms. The molecule has 5 rings (SSSR count). The Morgan fingerprint density at radius 1 is 0.743 bits per heavy atom. The molecule has 0 aliphatic carbocycles. The molecule has 5 heteroatoms. The van der Waals surface area contributed by atoms with E-state index in [4.69, 9.17) is 16.6 Å². The van der Waals surface area contributed by atoms with Gasteiger partial charge in [0.15, 0.2) is 0 Å². The van der Waals surface area contributed by atoms with Crippen LogP contribution in [0, 0.1) is 0 Å². The summed E-state index contributed by atoms with van der Waals surface area (Å²) >= 11 is 6.18. The van der Waals surface area contributed by atoms with Crippen LogP contribution < -0.4 is 0 Å². The molecule has 35 heavy (non-hydrogen) atoms. The molecular formula is C30H26ClN3O. The van der Waals surface area contributed by atoms with Crippen molar-refractivity contribution in [3.05, 3.63) is 155 Å². The molecule has 0 saturated heterocycles. The second kappa shape index (κ2) is 10.3. The zero-order valence-corrected chi connectivity index (χ0v) is 20.0. The van der Waals surface area contributed by atoms with E-state index in [1.54, 1.807) is 12.3 Å². The molecule has 1 N–H and O–H groups in total. The summed E-state index contributed by atoms with van der Waals surface area (Å²) in [5, 5.41) is 11.0. The minimum atomic E-state index is -0.705. The molecule has 0 aliphatic rings. The number of aromatic nitrogens is 3. The molecule has 174 valence electrons. The molecule has 1 unspecified atom stereocenters. The lowest BCUT2D eigenvalue weighted by molar-refractivity contribution is 0.167. The van der Waals surface area contributed by atoms with Gasteiger partial charge in [0.1, 0.15) is 10.7 Å². The maximum atomic E-state index is 10.7. The average Bonchev–Trinajstić information content (AvgIpc) is 3.39. The third kappa shape index (κ3) is 4.51. The Hall–Kier alpha value is -3.73. The standard InChI is InChI=1S/C30H26ClN3O/c31-29-27(17-10-20-32-29)28(35)19-18-26-21-34(22-33-26)30(23-11-4-1-5-12-23,24-13-6-2-7-14-24)25-15-8-3-9-16-25/h1-17,20-22,28,35H,18-19H2. The van der Waals surface area contributed by atoms with Crippen LogP contribution >= 0.6 is 11.6 Å². The molecule has 0 saturated carbocycles. The van der Waals surface area contributed by atoms with Crippen molar-refractivity contribution in [2.45, 2.75) is 24.5 Å². The molecule has 5 aromatic rings. The van der Waals surface area contributed by atoms with Gasteiger partial charge in [0.2, 0.25) is 0 Å². The summed E-state index contributed by atoms with van der Waals surface area (Å²) in [6.45, 7) is 0. The van der Waals surface area contributed by atoms with Crippen LogP contribution in [0.3, 0.4) is 0 Å². The van der Waals surface area contributed by atoms with Crippen LogP contribution in [0.5, 0.6) is 0 Å². The number of hydrogen-bond acceptors (Lipinski definition) is 3. The molecular weight excluding hydrogens is 454 g/mol. The lowest BCUT2D eigenvalue weighted by Crippen LogP contribution is -2.36. The first kappa shape index (κ1) is 23.0. The van der Waals surface area contributed by atoms with Crippen LogP contribution in [0.4, 0.5) is 0 Å². The van der Waals surface area contributed by atoms with Crippen molar-refractivity contribution in [2.75, 3.05) is 0 Å². The van der Waals surface area contributed by atoms with Gasteiger partial charge in [-0.3, -0.25) is 0 Å². The van der Waals surface area contributed by atoms with Gasteiger partial charge in [-0.25, -0.2) is 9.97 Å². The maximum Gasteiger partial charge on any atom is 0.134 e. The fourth-order valence-corrected chi connectivity index (χ4v) is 4.99. The summed E-state index contributed by atoms with van der Waals surface area (Å²) in [5.41, 5.74) is 4.37. The van der Waals surface area contributed by atoms with E-state index < -0.39 is 11.6 Å². The molecule has 0 amide bonds. The summed E-state index contributed by atoms with van der Waals surface area (Å²) in [7, 11) is 0. The SMILES string of the molecule is OC(CCc1cn(C(c2ccccc2)(c2ccccc2)c2ccccc2)cn1)c1cccnc1Cl. The van der Waals surface area contributed by atoms with E-state index in [-0.39, 0.29) is 0 Å². The second-order valence-corrected chi connectivity index (χ2v) is 8.88. The largest absolute Gasteiger partial charge is 0.388 e. The van der Waals surface area contributed by atoms with Crippen LogP contribution in [0.2, 0.25) is 5.15 Å². The summed E-state index contributed by atoms with van der Waals surface area (Å²) in [5.74, 6) is 0. The van der Waals surface area contributed by atoms with Crippen molar-refractivity contribution in [1.82, 2.24) is 14.5 Å². The van der Waals surface area contributed by atoms with Gasteiger partial charge in [-0.1, -0.05) is 109 Å². The van der Waals surface area contributed by atoms with E-state index >= 15 is 0 Å². The number of aliphatic hydroxyl groups excluding tert-OH is 1. The highest BCUT2D eigenvalue weighted by molar-refractivity contribution is 6.30. The smallest absolute Gasteiger partial charge is 0.134 e. The van der Waals surface area contributed by atoms with E-state index in [1.165, 1.54) is 0 Å². The van der Waals surface area contributed by atoms with Crippen molar-refractivity contribution in [3.8, 4) is 0 Å². The number of imidazole rings is 1. The van der Waals surface area contributed by atoms with Gasteiger partial charge >= 0.3 is 0 Å². The van der Waals surface area contributed by atoms with Crippen molar-refractivity contribution in [2.24, 2.45) is 0 Å². The third-order valence-corrected chi connectivity index (χ3v) is 6.73. The first-order valence-corrected chi connectivity index (χ1v) is 12.1. The summed E-state index contributed by atoms with van der Waals surface area (Å²) in [6, 6.07) is 35.1. The number of hydrogen-bond donors (Lipinski definition) is 1. The van der Waals surface area contributed by atoms with Crippen LogP contribution in [-0.2, 0) is 12.0 Å². The number of halogens is 1. The van der Waals surface area contributed by atoms with E-state index in [1.807, 2.05) is 30.6 Å². The van der Waals surface area contributed by atoms with Crippen LogP contribution in [0.15, 0.2) is 122 Å². The van der Waals surface area contributed by atoms with Crippen molar-refractivity contribution < 1.29 is 5.11 Å².